The van der Waals surface area contributed by atoms with Crippen molar-refractivity contribution >= 4 is 62.4 Å². The van der Waals surface area contributed by atoms with Gasteiger partial charge in [-0.2, -0.15) is 0 Å². The van der Waals surface area contributed by atoms with Crippen molar-refractivity contribution in [2.75, 3.05) is 4.90 Å². The van der Waals surface area contributed by atoms with Gasteiger partial charge in [-0.25, -0.2) is 0 Å². The van der Waals surface area contributed by atoms with E-state index in [1.165, 1.54) is 17.0 Å². The summed E-state index contributed by atoms with van der Waals surface area (Å²) in [5, 5.41) is 13.1. The maximum atomic E-state index is 13.0. The van der Waals surface area contributed by atoms with Crippen LogP contribution >= 0.6 is 24.0 Å². The maximum absolute atomic E-state index is 13.0. The number of benzene rings is 3. The van der Waals surface area contributed by atoms with Crippen LogP contribution in [0, 0.1) is 10.1 Å². The third-order valence-corrected chi connectivity index (χ3v) is 5.52. The van der Waals surface area contributed by atoms with Gasteiger partial charge >= 0.3 is 0 Å². The molecule has 0 atom stereocenters. The van der Waals surface area contributed by atoms with Crippen LogP contribution in [0.2, 0.25) is 0 Å². The normalized spacial score (nSPS) is 15.7. The number of carbonyl (C=O) groups excluding carboxylic acids is 1. The summed E-state index contributed by atoms with van der Waals surface area (Å²) < 4.78 is 0.404. The van der Waals surface area contributed by atoms with Gasteiger partial charge in [0.25, 0.3) is 11.6 Å². The highest BCUT2D eigenvalue weighted by Crippen LogP contribution is 2.39. The Balaban J connectivity index is 1.78. The molecule has 1 heterocycles. The Labute approximate surface area is 164 Å². The predicted molar refractivity (Wildman–Crippen MR) is 113 cm³/mol. The van der Waals surface area contributed by atoms with Crippen LogP contribution in [0.3, 0.4) is 0 Å². The zero-order chi connectivity index (χ0) is 19.0. The standard InChI is InChI=1S/C20H12N2O3S2/c23-19-18(12-14-7-2-4-10-16(14)22(24)25)27-20(26)21(19)17-11-5-8-13-6-1-3-9-15(13)17/h1-12H/b18-12+. The highest BCUT2D eigenvalue weighted by Gasteiger charge is 2.34. The second-order valence-electron chi connectivity index (χ2n) is 5.83. The maximum Gasteiger partial charge on any atom is 0.276 e. The van der Waals surface area contributed by atoms with Crippen molar-refractivity contribution in [1.29, 1.82) is 0 Å². The number of rotatable bonds is 3. The first-order valence-electron chi connectivity index (χ1n) is 8.05. The van der Waals surface area contributed by atoms with Crippen LogP contribution in [0.1, 0.15) is 5.56 Å². The molecule has 7 heteroatoms. The quantitative estimate of drug-likeness (QED) is 0.267. The van der Waals surface area contributed by atoms with E-state index >= 15 is 0 Å². The van der Waals surface area contributed by atoms with Gasteiger partial charge in [0.2, 0.25) is 0 Å². The Morgan fingerprint density at radius 1 is 1.00 bits per heavy atom. The first-order chi connectivity index (χ1) is 13.1. The van der Waals surface area contributed by atoms with Gasteiger partial charge in [0.1, 0.15) is 0 Å². The molecule has 1 aliphatic heterocycles. The van der Waals surface area contributed by atoms with Gasteiger partial charge in [-0.1, -0.05) is 72.5 Å². The molecule has 4 rings (SSSR count). The zero-order valence-corrected chi connectivity index (χ0v) is 15.5. The largest absolute Gasteiger partial charge is 0.276 e. The average Bonchev–Trinajstić information content (AvgIpc) is 2.95. The summed E-state index contributed by atoms with van der Waals surface area (Å²) in [5.74, 6) is -0.278. The summed E-state index contributed by atoms with van der Waals surface area (Å²) in [6.07, 6.45) is 1.53. The van der Waals surface area contributed by atoms with Crippen molar-refractivity contribution < 1.29 is 9.72 Å². The number of anilines is 1. The molecule has 0 bridgehead atoms. The van der Waals surface area contributed by atoms with Crippen molar-refractivity contribution in [2.24, 2.45) is 0 Å². The van der Waals surface area contributed by atoms with Crippen molar-refractivity contribution in [2.45, 2.75) is 0 Å². The van der Waals surface area contributed by atoms with Crippen LogP contribution in [0.4, 0.5) is 11.4 Å². The smallest absolute Gasteiger partial charge is 0.268 e. The van der Waals surface area contributed by atoms with Crippen LogP contribution in [0.5, 0.6) is 0 Å². The van der Waals surface area contributed by atoms with Gasteiger partial charge in [0, 0.05) is 11.5 Å². The van der Waals surface area contributed by atoms with Crippen LogP contribution in [-0.2, 0) is 4.79 Å². The number of nitro benzene ring substituents is 1. The van der Waals surface area contributed by atoms with Crippen molar-refractivity contribution in [1.82, 2.24) is 0 Å². The number of thiocarbonyl (C=S) groups is 1. The Morgan fingerprint density at radius 3 is 2.52 bits per heavy atom. The number of fused-ring (bicyclic) bond motifs is 1. The lowest BCUT2D eigenvalue weighted by atomic mass is 10.1. The van der Waals surface area contributed by atoms with Crippen molar-refractivity contribution in [3.8, 4) is 0 Å². The summed E-state index contributed by atoms with van der Waals surface area (Å²) in [4.78, 5) is 25.6. The molecule has 27 heavy (non-hydrogen) atoms. The van der Waals surface area contributed by atoms with E-state index in [-0.39, 0.29) is 11.6 Å². The molecule has 5 nitrogen and oxygen atoms in total. The Morgan fingerprint density at radius 2 is 1.70 bits per heavy atom. The first kappa shape index (κ1) is 17.4. The van der Waals surface area contributed by atoms with E-state index in [0.29, 0.717) is 20.5 Å². The molecule has 1 amide bonds. The number of amides is 1. The summed E-state index contributed by atoms with van der Waals surface area (Å²) in [7, 11) is 0. The van der Waals surface area contributed by atoms with E-state index in [9.17, 15) is 14.9 Å². The molecule has 0 saturated carbocycles. The molecule has 0 unspecified atom stereocenters. The molecule has 0 spiro atoms. The predicted octanol–water partition coefficient (Wildman–Crippen LogP) is 5.15. The molecule has 3 aromatic carbocycles. The number of hydrogen-bond acceptors (Lipinski definition) is 5. The molecule has 3 aromatic rings. The molecule has 1 saturated heterocycles. The minimum atomic E-state index is -0.461. The molecular weight excluding hydrogens is 380 g/mol. The number of nitrogens with zero attached hydrogens (tertiary/aromatic N) is 2. The lowest BCUT2D eigenvalue weighted by molar-refractivity contribution is -0.385. The molecule has 0 aromatic heterocycles. The van der Waals surface area contributed by atoms with Gasteiger partial charge in [0.15, 0.2) is 4.32 Å². The fraction of sp³-hybridized carbons (Fsp3) is 0. The summed E-state index contributed by atoms with van der Waals surface area (Å²) in [6, 6.07) is 19.8. The van der Waals surface area contributed by atoms with Gasteiger partial charge in [-0.15, -0.1) is 0 Å². The number of carbonyl (C=O) groups is 1. The fourth-order valence-electron chi connectivity index (χ4n) is 3.00. The Bertz CT molecular complexity index is 1140. The Hall–Kier alpha value is -3.03. The lowest BCUT2D eigenvalue weighted by Crippen LogP contribution is -2.27. The van der Waals surface area contributed by atoms with Gasteiger partial charge in [-0.05, 0) is 23.6 Å². The minimum Gasteiger partial charge on any atom is -0.268 e. The lowest BCUT2D eigenvalue weighted by Gasteiger charge is -2.17. The highest BCUT2D eigenvalue weighted by atomic mass is 32.2. The second-order valence-corrected chi connectivity index (χ2v) is 7.51. The number of thioether (sulfide) groups is 1. The number of para-hydroxylation sites is 1. The SMILES string of the molecule is O=C1/C(=C\c2ccccc2[N+](=O)[O-])SC(=S)N1c1cccc2ccccc12. The van der Waals surface area contributed by atoms with Crippen LogP contribution < -0.4 is 4.90 Å². The molecular formula is C20H12N2O3S2. The molecule has 0 aliphatic carbocycles. The molecule has 0 N–H and O–H groups in total. The van der Waals surface area contributed by atoms with Crippen LogP contribution in [0.15, 0.2) is 71.6 Å². The molecule has 0 radical (unpaired) electrons. The van der Waals surface area contributed by atoms with Gasteiger partial charge < -0.3 is 0 Å². The van der Waals surface area contributed by atoms with Gasteiger partial charge in [-0.3, -0.25) is 19.8 Å². The molecule has 132 valence electrons. The topological polar surface area (TPSA) is 63.4 Å². The third-order valence-electron chi connectivity index (χ3n) is 4.22. The minimum absolute atomic E-state index is 0.0482. The van der Waals surface area contributed by atoms with E-state index in [4.69, 9.17) is 12.2 Å². The summed E-state index contributed by atoms with van der Waals surface area (Å²) in [5.41, 5.74) is 1.04. The van der Waals surface area contributed by atoms with Crippen LogP contribution in [0.25, 0.3) is 16.8 Å². The molecule has 1 fully saturated rings. The number of nitro groups is 1. The zero-order valence-electron chi connectivity index (χ0n) is 13.9. The van der Waals surface area contributed by atoms with E-state index in [1.807, 2.05) is 42.5 Å². The second kappa shape index (κ2) is 6.94. The summed E-state index contributed by atoms with van der Waals surface area (Å²) in [6.45, 7) is 0. The monoisotopic (exact) mass is 392 g/mol. The average molecular weight is 392 g/mol. The van der Waals surface area contributed by atoms with Crippen LogP contribution in [-0.4, -0.2) is 15.2 Å². The highest BCUT2D eigenvalue weighted by molar-refractivity contribution is 8.27. The van der Waals surface area contributed by atoms with Crippen molar-refractivity contribution in [3.05, 3.63) is 87.3 Å². The number of hydrogen-bond donors (Lipinski definition) is 0. The third kappa shape index (κ3) is 3.11. The van der Waals surface area contributed by atoms with E-state index in [0.717, 1.165) is 22.5 Å². The Kier molecular flexibility index (Phi) is 4.47. The van der Waals surface area contributed by atoms with E-state index in [1.54, 1.807) is 18.2 Å². The molecule has 1 aliphatic rings. The van der Waals surface area contributed by atoms with E-state index in [2.05, 4.69) is 0 Å². The van der Waals surface area contributed by atoms with Crippen molar-refractivity contribution in [3.63, 3.8) is 0 Å². The summed E-state index contributed by atoms with van der Waals surface area (Å²) >= 11 is 6.58. The first-order valence-corrected chi connectivity index (χ1v) is 9.28. The van der Waals surface area contributed by atoms with E-state index < -0.39 is 4.92 Å². The van der Waals surface area contributed by atoms with Gasteiger partial charge in [0.05, 0.1) is 21.1 Å². The fourth-order valence-corrected chi connectivity index (χ4v) is 4.27.